The Labute approximate surface area is 65.7 Å². The smallest absolute Gasteiger partial charge is 0.347 e. The molecule has 0 aliphatic rings. The lowest BCUT2D eigenvalue weighted by Crippen LogP contribution is -2.29. The Bertz CT molecular complexity index is 134. The van der Waals surface area contributed by atoms with Crippen molar-refractivity contribution in [1.82, 2.24) is 0 Å². The van der Waals surface area contributed by atoms with Crippen LogP contribution in [-0.2, 0) is 9.68 Å². The van der Waals surface area contributed by atoms with Gasteiger partial charge in [0, 0.05) is 6.61 Å². The van der Waals surface area contributed by atoms with Gasteiger partial charge < -0.3 is 9.99 Å². The fraction of sp³-hybridized carbons (Fsp3) is 0.857. The minimum absolute atomic E-state index is 0.0839. The maximum atomic E-state index is 10.9. The second-order valence-corrected chi connectivity index (χ2v) is 2.77. The molecular weight excluding hydrogens is 148 g/mol. The summed E-state index contributed by atoms with van der Waals surface area (Å²) in [7, 11) is 0. The van der Waals surface area contributed by atoms with Crippen molar-refractivity contribution in [3.63, 3.8) is 0 Å². The number of rotatable bonds is 4. The topological polar surface area (TPSA) is 66.8 Å². The van der Waals surface area contributed by atoms with Gasteiger partial charge in [0.25, 0.3) is 0 Å². The van der Waals surface area contributed by atoms with Crippen LogP contribution in [0.1, 0.15) is 26.7 Å². The Morgan fingerprint density at radius 1 is 1.64 bits per heavy atom. The average Bonchev–Trinajstić information content (AvgIpc) is 2.03. The van der Waals surface area contributed by atoms with Gasteiger partial charge in [-0.3, -0.25) is 0 Å². The highest BCUT2D eigenvalue weighted by Gasteiger charge is 2.32. The predicted octanol–water partition coefficient (Wildman–Crippen LogP) is 0.801. The highest BCUT2D eigenvalue weighted by atomic mass is 17.1. The summed E-state index contributed by atoms with van der Waals surface area (Å²) in [6.07, 6.45) is 0.843. The minimum Gasteiger partial charge on any atom is -0.396 e. The van der Waals surface area contributed by atoms with Crippen LogP contribution < -0.4 is 0 Å². The lowest BCUT2D eigenvalue weighted by Gasteiger charge is -2.21. The molecule has 0 bridgehead atoms. The van der Waals surface area contributed by atoms with Gasteiger partial charge in [-0.2, -0.15) is 5.26 Å². The van der Waals surface area contributed by atoms with Crippen LogP contribution in [0.4, 0.5) is 0 Å². The van der Waals surface area contributed by atoms with E-state index < -0.39 is 11.4 Å². The largest absolute Gasteiger partial charge is 0.396 e. The predicted molar refractivity (Wildman–Crippen MR) is 38.8 cm³/mol. The average molecular weight is 162 g/mol. The van der Waals surface area contributed by atoms with Crippen LogP contribution in [0.3, 0.4) is 0 Å². The standard InChI is InChI=1S/C7H14O4/c1-3-7(2,4-5-8)6(9)11-10/h8,10H,3-5H2,1-2H3. The molecule has 0 heterocycles. The molecule has 0 saturated heterocycles. The summed E-state index contributed by atoms with van der Waals surface area (Å²) < 4.78 is 0. The molecule has 0 spiro atoms. The normalized spacial score (nSPS) is 15.6. The quantitative estimate of drug-likeness (QED) is 0.474. The zero-order valence-corrected chi connectivity index (χ0v) is 6.83. The molecule has 0 amide bonds. The van der Waals surface area contributed by atoms with Gasteiger partial charge in [-0.25, -0.2) is 4.79 Å². The summed E-state index contributed by atoms with van der Waals surface area (Å²) in [4.78, 5) is 14.5. The number of hydrogen-bond donors (Lipinski definition) is 2. The molecule has 11 heavy (non-hydrogen) atoms. The molecule has 0 aromatic carbocycles. The second-order valence-electron chi connectivity index (χ2n) is 2.77. The maximum absolute atomic E-state index is 10.9. The van der Waals surface area contributed by atoms with E-state index in [0.717, 1.165) is 0 Å². The molecule has 0 aromatic heterocycles. The first-order valence-electron chi connectivity index (χ1n) is 3.57. The van der Waals surface area contributed by atoms with Gasteiger partial charge >= 0.3 is 5.97 Å². The fourth-order valence-corrected chi connectivity index (χ4v) is 0.780. The van der Waals surface area contributed by atoms with Gasteiger partial charge in [-0.1, -0.05) is 6.92 Å². The van der Waals surface area contributed by atoms with Gasteiger partial charge in [-0.05, 0) is 19.8 Å². The molecule has 4 nitrogen and oxygen atoms in total. The summed E-state index contributed by atoms with van der Waals surface area (Å²) >= 11 is 0. The van der Waals surface area contributed by atoms with E-state index in [2.05, 4.69) is 4.89 Å². The first-order chi connectivity index (χ1) is 5.10. The van der Waals surface area contributed by atoms with E-state index in [-0.39, 0.29) is 6.61 Å². The number of carbonyl (C=O) groups is 1. The van der Waals surface area contributed by atoms with Crippen molar-refractivity contribution >= 4 is 5.97 Å². The molecule has 2 N–H and O–H groups in total. The zero-order chi connectivity index (χ0) is 8.91. The molecule has 0 fully saturated rings. The molecule has 0 aromatic rings. The van der Waals surface area contributed by atoms with Crippen molar-refractivity contribution in [3.05, 3.63) is 0 Å². The molecule has 4 heteroatoms. The number of aliphatic hydroxyl groups is 1. The van der Waals surface area contributed by atoms with Crippen molar-refractivity contribution in [2.75, 3.05) is 6.61 Å². The molecular formula is C7H14O4. The molecule has 66 valence electrons. The lowest BCUT2D eigenvalue weighted by atomic mass is 9.84. The van der Waals surface area contributed by atoms with E-state index in [0.29, 0.717) is 12.8 Å². The SMILES string of the molecule is CCC(C)(CCO)C(=O)OO. The maximum Gasteiger partial charge on any atom is 0.347 e. The first-order valence-corrected chi connectivity index (χ1v) is 3.57. The van der Waals surface area contributed by atoms with Crippen LogP contribution in [0.5, 0.6) is 0 Å². The Kier molecular flexibility index (Phi) is 4.07. The van der Waals surface area contributed by atoms with Crippen LogP contribution in [0, 0.1) is 5.41 Å². The van der Waals surface area contributed by atoms with Crippen molar-refractivity contribution in [2.24, 2.45) is 5.41 Å². The molecule has 0 aliphatic carbocycles. The highest BCUT2D eigenvalue weighted by Crippen LogP contribution is 2.26. The zero-order valence-electron chi connectivity index (χ0n) is 6.83. The van der Waals surface area contributed by atoms with Gasteiger partial charge in [-0.15, -0.1) is 0 Å². The van der Waals surface area contributed by atoms with E-state index in [1.54, 1.807) is 13.8 Å². The molecule has 0 saturated carbocycles. The third-order valence-corrected chi connectivity index (χ3v) is 2.02. The van der Waals surface area contributed by atoms with Crippen LogP contribution in [0.15, 0.2) is 0 Å². The first kappa shape index (κ1) is 10.4. The lowest BCUT2D eigenvalue weighted by molar-refractivity contribution is -0.245. The van der Waals surface area contributed by atoms with Gasteiger partial charge in [0.1, 0.15) is 0 Å². The van der Waals surface area contributed by atoms with E-state index in [1.165, 1.54) is 0 Å². The Morgan fingerprint density at radius 2 is 2.18 bits per heavy atom. The molecule has 1 unspecified atom stereocenters. The van der Waals surface area contributed by atoms with Crippen LogP contribution in [0.25, 0.3) is 0 Å². The van der Waals surface area contributed by atoms with Gasteiger partial charge in [0.05, 0.1) is 5.41 Å². The van der Waals surface area contributed by atoms with Crippen molar-refractivity contribution in [1.29, 1.82) is 0 Å². The van der Waals surface area contributed by atoms with Crippen LogP contribution in [-0.4, -0.2) is 22.9 Å². The van der Waals surface area contributed by atoms with E-state index in [9.17, 15) is 4.79 Å². The summed E-state index contributed by atoms with van der Waals surface area (Å²) in [5, 5.41) is 16.7. The molecule has 0 aliphatic heterocycles. The Hall–Kier alpha value is -0.610. The Balaban J connectivity index is 4.19. The molecule has 0 rings (SSSR count). The number of aliphatic hydroxyl groups excluding tert-OH is 1. The third-order valence-electron chi connectivity index (χ3n) is 2.02. The fourth-order valence-electron chi connectivity index (χ4n) is 0.780. The monoisotopic (exact) mass is 162 g/mol. The van der Waals surface area contributed by atoms with Crippen molar-refractivity contribution in [2.45, 2.75) is 26.7 Å². The van der Waals surface area contributed by atoms with E-state index >= 15 is 0 Å². The van der Waals surface area contributed by atoms with Gasteiger partial charge in [0.2, 0.25) is 0 Å². The van der Waals surface area contributed by atoms with E-state index in [1.807, 2.05) is 0 Å². The molecule has 1 atom stereocenters. The number of carbonyl (C=O) groups excluding carboxylic acids is 1. The third kappa shape index (κ3) is 2.48. The van der Waals surface area contributed by atoms with Crippen LogP contribution >= 0.6 is 0 Å². The Morgan fingerprint density at radius 3 is 2.45 bits per heavy atom. The van der Waals surface area contributed by atoms with Crippen molar-refractivity contribution < 1.29 is 20.0 Å². The summed E-state index contributed by atoms with van der Waals surface area (Å²) in [5.74, 6) is -0.686. The van der Waals surface area contributed by atoms with Crippen LogP contribution in [0.2, 0.25) is 0 Å². The number of hydrogen-bond acceptors (Lipinski definition) is 4. The van der Waals surface area contributed by atoms with E-state index in [4.69, 9.17) is 10.4 Å². The summed E-state index contributed by atoms with van der Waals surface area (Å²) in [6.45, 7) is 3.35. The van der Waals surface area contributed by atoms with Crippen molar-refractivity contribution in [3.8, 4) is 0 Å². The second kappa shape index (κ2) is 4.31. The summed E-state index contributed by atoms with van der Waals surface area (Å²) in [6, 6.07) is 0. The van der Waals surface area contributed by atoms with Gasteiger partial charge in [0.15, 0.2) is 0 Å². The highest BCUT2D eigenvalue weighted by molar-refractivity contribution is 5.75. The summed E-state index contributed by atoms with van der Waals surface area (Å²) in [5.41, 5.74) is -0.760. The minimum atomic E-state index is -0.760. The molecule has 0 radical (unpaired) electrons.